The van der Waals surface area contributed by atoms with Crippen LogP contribution in [0.1, 0.15) is 55.5 Å². The molecule has 0 aliphatic heterocycles. The number of benzene rings is 1. The van der Waals surface area contributed by atoms with E-state index in [-0.39, 0.29) is 0 Å². The zero-order chi connectivity index (χ0) is 13.8. The lowest BCUT2D eigenvalue weighted by Crippen LogP contribution is -2.37. The Bertz CT molecular complexity index is 433. The third-order valence-electron chi connectivity index (χ3n) is 3.95. The van der Waals surface area contributed by atoms with Crippen LogP contribution in [0.4, 0.5) is 5.69 Å². The van der Waals surface area contributed by atoms with Gasteiger partial charge in [0.2, 0.25) is 0 Å². The molecule has 0 N–H and O–H groups in total. The van der Waals surface area contributed by atoms with Crippen LogP contribution in [0.3, 0.4) is 0 Å². The summed E-state index contributed by atoms with van der Waals surface area (Å²) in [5, 5.41) is 0. The second-order valence-electron chi connectivity index (χ2n) is 6.16. The number of rotatable bonds is 5. The Kier molecular flexibility index (Phi) is 4.62. The van der Waals surface area contributed by atoms with Crippen LogP contribution >= 0.6 is 0 Å². The lowest BCUT2D eigenvalue weighted by atomic mass is 10.0. The molecule has 0 heterocycles. The Morgan fingerprint density at radius 3 is 2.58 bits per heavy atom. The van der Waals surface area contributed by atoms with Crippen molar-refractivity contribution in [1.29, 1.82) is 0 Å². The predicted octanol–water partition coefficient (Wildman–Crippen LogP) is 4.21. The molecule has 0 radical (unpaired) electrons. The van der Waals surface area contributed by atoms with Gasteiger partial charge in [-0.15, -0.1) is 0 Å². The average molecular weight is 259 g/mol. The molecule has 0 spiro atoms. The fourth-order valence-electron chi connectivity index (χ4n) is 3.08. The molecule has 1 aliphatic carbocycles. The van der Waals surface area contributed by atoms with E-state index in [1.807, 2.05) is 13.0 Å². The van der Waals surface area contributed by atoms with E-state index in [1.54, 1.807) is 0 Å². The summed E-state index contributed by atoms with van der Waals surface area (Å²) < 4.78 is 0. The highest BCUT2D eigenvalue weighted by atomic mass is 16.1. The maximum absolute atomic E-state index is 11.4. The topological polar surface area (TPSA) is 20.3 Å². The number of nitrogens with zero attached hydrogens (tertiary/aromatic N) is 1. The minimum Gasteiger partial charge on any atom is -0.368 e. The van der Waals surface area contributed by atoms with Crippen molar-refractivity contribution in [3.05, 3.63) is 29.3 Å². The van der Waals surface area contributed by atoms with Gasteiger partial charge in [-0.25, -0.2) is 0 Å². The van der Waals surface area contributed by atoms with Gasteiger partial charge in [0.15, 0.2) is 6.29 Å². The Balaban J connectivity index is 2.33. The van der Waals surface area contributed by atoms with E-state index in [0.29, 0.717) is 12.0 Å². The van der Waals surface area contributed by atoms with Crippen molar-refractivity contribution in [3.8, 4) is 0 Å². The summed E-state index contributed by atoms with van der Waals surface area (Å²) in [6.45, 7) is 7.57. The number of anilines is 1. The zero-order valence-electron chi connectivity index (χ0n) is 12.4. The van der Waals surface area contributed by atoms with E-state index >= 15 is 0 Å². The van der Waals surface area contributed by atoms with E-state index in [1.165, 1.54) is 25.7 Å². The number of aldehydes is 1. The highest BCUT2D eigenvalue weighted by Gasteiger charge is 2.24. The van der Waals surface area contributed by atoms with E-state index < -0.39 is 0 Å². The normalized spacial score (nSPS) is 16.0. The maximum atomic E-state index is 11.4. The molecule has 2 rings (SSSR count). The summed E-state index contributed by atoms with van der Waals surface area (Å²) in [5.74, 6) is 0.612. The molecule has 0 bridgehead atoms. The third-order valence-corrected chi connectivity index (χ3v) is 3.95. The van der Waals surface area contributed by atoms with Gasteiger partial charge in [-0.05, 0) is 37.8 Å². The SMILES string of the molecule is Cc1ccc(N(CC(C)C)C2CCCC2)c(C=O)c1. The van der Waals surface area contributed by atoms with Crippen molar-refractivity contribution in [2.24, 2.45) is 5.92 Å². The standard InChI is InChI=1S/C17H25NO/c1-13(2)11-18(16-6-4-5-7-16)17-9-8-14(3)10-15(17)12-19/h8-10,12-13,16H,4-7,11H2,1-3H3. The van der Waals surface area contributed by atoms with Crippen molar-refractivity contribution < 1.29 is 4.79 Å². The first-order valence-corrected chi connectivity index (χ1v) is 7.44. The van der Waals surface area contributed by atoms with Crippen molar-refractivity contribution in [3.63, 3.8) is 0 Å². The molecule has 2 nitrogen and oxygen atoms in total. The van der Waals surface area contributed by atoms with E-state index in [2.05, 4.69) is 30.9 Å². The summed E-state index contributed by atoms with van der Waals surface area (Å²) >= 11 is 0. The largest absolute Gasteiger partial charge is 0.368 e. The number of carbonyl (C=O) groups excluding carboxylic acids is 1. The number of carbonyl (C=O) groups is 1. The second kappa shape index (κ2) is 6.23. The van der Waals surface area contributed by atoms with Crippen LogP contribution in [0, 0.1) is 12.8 Å². The number of aryl methyl sites for hydroxylation is 1. The van der Waals surface area contributed by atoms with Crippen LogP contribution < -0.4 is 4.90 Å². The highest BCUT2D eigenvalue weighted by Crippen LogP contribution is 2.31. The van der Waals surface area contributed by atoms with E-state index in [9.17, 15) is 4.79 Å². The van der Waals surface area contributed by atoms with Gasteiger partial charge >= 0.3 is 0 Å². The summed E-state index contributed by atoms with van der Waals surface area (Å²) in [5.41, 5.74) is 3.12. The summed E-state index contributed by atoms with van der Waals surface area (Å²) in [7, 11) is 0. The minimum atomic E-state index is 0.612. The fourth-order valence-corrected chi connectivity index (χ4v) is 3.08. The molecule has 1 saturated carbocycles. The van der Waals surface area contributed by atoms with Gasteiger partial charge in [0.25, 0.3) is 0 Å². The Morgan fingerprint density at radius 2 is 2.00 bits per heavy atom. The quantitative estimate of drug-likeness (QED) is 0.738. The molecule has 0 saturated heterocycles. The van der Waals surface area contributed by atoms with Crippen LogP contribution in [0.5, 0.6) is 0 Å². The van der Waals surface area contributed by atoms with Crippen molar-refractivity contribution in [2.45, 2.75) is 52.5 Å². The molecule has 1 aromatic rings. The van der Waals surface area contributed by atoms with Gasteiger partial charge in [0, 0.05) is 23.8 Å². The first-order chi connectivity index (χ1) is 9.11. The zero-order valence-corrected chi connectivity index (χ0v) is 12.4. The van der Waals surface area contributed by atoms with Gasteiger partial charge < -0.3 is 4.90 Å². The van der Waals surface area contributed by atoms with Crippen LogP contribution in [0.2, 0.25) is 0 Å². The van der Waals surface area contributed by atoms with Crippen LogP contribution in [0.15, 0.2) is 18.2 Å². The fraction of sp³-hybridized carbons (Fsp3) is 0.588. The monoisotopic (exact) mass is 259 g/mol. The summed E-state index contributed by atoms with van der Waals surface area (Å²) in [6, 6.07) is 6.86. The molecule has 0 amide bonds. The molecular formula is C17H25NO. The average Bonchev–Trinajstić information content (AvgIpc) is 2.89. The van der Waals surface area contributed by atoms with Crippen molar-refractivity contribution in [1.82, 2.24) is 0 Å². The van der Waals surface area contributed by atoms with Crippen molar-refractivity contribution in [2.75, 3.05) is 11.4 Å². The lowest BCUT2D eigenvalue weighted by molar-refractivity contribution is 0.112. The van der Waals surface area contributed by atoms with Crippen molar-refractivity contribution >= 4 is 12.0 Å². The molecular weight excluding hydrogens is 234 g/mol. The van der Waals surface area contributed by atoms with Crippen LogP contribution in [-0.2, 0) is 0 Å². The Hall–Kier alpha value is -1.31. The van der Waals surface area contributed by atoms with Gasteiger partial charge in [0.05, 0.1) is 0 Å². The maximum Gasteiger partial charge on any atom is 0.152 e. The first kappa shape index (κ1) is 14.1. The second-order valence-corrected chi connectivity index (χ2v) is 6.16. The highest BCUT2D eigenvalue weighted by molar-refractivity contribution is 5.85. The Morgan fingerprint density at radius 1 is 1.32 bits per heavy atom. The van der Waals surface area contributed by atoms with Gasteiger partial charge in [-0.3, -0.25) is 4.79 Å². The lowest BCUT2D eigenvalue weighted by Gasteiger charge is -2.33. The molecule has 104 valence electrons. The third kappa shape index (κ3) is 3.37. The molecule has 1 aliphatic rings. The van der Waals surface area contributed by atoms with Gasteiger partial charge in [-0.1, -0.05) is 38.3 Å². The first-order valence-electron chi connectivity index (χ1n) is 7.44. The van der Waals surface area contributed by atoms with Gasteiger partial charge in [-0.2, -0.15) is 0 Å². The number of hydrogen-bond donors (Lipinski definition) is 0. The predicted molar refractivity (Wildman–Crippen MR) is 81.0 cm³/mol. The molecule has 0 aromatic heterocycles. The van der Waals surface area contributed by atoms with E-state index in [4.69, 9.17) is 0 Å². The minimum absolute atomic E-state index is 0.612. The van der Waals surface area contributed by atoms with Crippen LogP contribution in [0.25, 0.3) is 0 Å². The molecule has 2 heteroatoms. The molecule has 19 heavy (non-hydrogen) atoms. The van der Waals surface area contributed by atoms with E-state index in [0.717, 1.165) is 29.6 Å². The van der Waals surface area contributed by atoms with Gasteiger partial charge in [0.1, 0.15) is 0 Å². The molecule has 1 fully saturated rings. The summed E-state index contributed by atoms with van der Waals surface area (Å²) in [4.78, 5) is 13.8. The molecule has 0 atom stereocenters. The molecule has 1 aromatic carbocycles. The number of hydrogen-bond acceptors (Lipinski definition) is 2. The Labute approximate surface area is 116 Å². The smallest absolute Gasteiger partial charge is 0.152 e. The van der Waals surface area contributed by atoms with Crippen LogP contribution in [-0.4, -0.2) is 18.9 Å². The molecule has 0 unspecified atom stereocenters. The summed E-state index contributed by atoms with van der Waals surface area (Å²) in [6.07, 6.45) is 6.17.